The summed E-state index contributed by atoms with van der Waals surface area (Å²) >= 11 is 0. The minimum Gasteiger partial charge on any atom is -0.481 e. The first kappa shape index (κ1) is 14.1. The van der Waals surface area contributed by atoms with Gasteiger partial charge in [0.2, 0.25) is 0 Å². The maximum absolute atomic E-state index is 12.1. The first-order chi connectivity index (χ1) is 9.15. The first-order valence-electron chi connectivity index (χ1n) is 7.23. The number of esters is 1. The lowest BCUT2D eigenvalue weighted by atomic mass is 9.83. The number of carbonyl (C=O) groups excluding carboxylic acids is 1. The minimum absolute atomic E-state index is 0.0140. The van der Waals surface area contributed by atoms with Gasteiger partial charge in [0, 0.05) is 0 Å². The van der Waals surface area contributed by atoms with Crippen LogP contribution in [0.15, 0.2) is 12.2 Å². The summed E-state index contributed by atoms with van der Waals surface area (Å²) in [5.74, 6) is -2.17. The van der Waals surface area contributed by atoms with Crippen LogP contribution in [-0.2, 0) is 14.3 Å². The van der Waals surface area contributed by atoms with Gasteiger partial charge >= 0.3 is 11.9 Å². The van der Waals surface area contributed by atoms with Crippen LogP contribution < -0.4 is 0 Å². The van der Waals surface area contributed by atoms with E-state index in [1.165, 1.54) is 0 Å². The van der Waals surface area contributed by atoms with E-state index in [1.807, 2.05) is 12.2 Å². The highest BCUT2D eigenvalue weighted by molar-refractivity contribution is 5.83. The maximum Gasteiger partial charge on any atom is 0.310 e. The Labute approximate surface area is 113 Å². The molecule has 0 aliphatic heterocycles. The summed E-state index contributed by atoms with van der Waals surface area (Å²) in [6.45, 7) is 2.55. The number of unbranched alkanes of at least 4 members (excludes halogenated alkanes) is 3. The molecule has 106 valence electrons. The van der Waals surface area contributed by atoms with Gasteiger partial charge in [-0.3, -0.25) is 9.59 Å². The van der Waals surface area contributed by atoms with Crippen molar-refractivity contribution in [3.05, 3.63) is 12.2 Å². The molecule has 1 saturated carbocycles. The molecule has 4 unspecified atom stereocenters. The zero-order chi connectivity index (χ0) is 13.8. The molecule has 0 saturated heterocycles. The van der Waals surface area contributed by atoms with Crippen molar-refractivity contribution in [3.63, 3.8) is 0 Å². The second kappa shape index (κ2) is 6.22. The van der Waals surface area contributed by atoms with Gasteiger partial charge in [0.25, 0.3) is 0 Å². The van der Waals surface area contributed by atoms with E-state index in [2.05, 4.69) is 6.92 Å². The fourth-order valence-electron chi connectivity index (χ4n) is 3.28. The van der Waals surface area contributed by atoms with Gasteiger partial charge in [-0.15, -0.1) is 0 Å². The van der Waals surface area contributed by atoms with Crippen molar-refractivity contribution in [2.45, 2.75) is 39.0 Å². The molecule has 0 spiro atoms. The molecule has 0 aromatic rings. The fraction of sp³-hybridized carbons (Fsp3) is 0.733. The number of rotatable bonds is 7. The molecule has 19 heavy (non-hydrogen) atoms. The molecule has 2 rings (SSSR count). The third-order valence-corrected chi connectivity index (χ3v) is 4.26. The van der Waals surface area contributed by atoms with Gasteiger partial charge in [0.05, 0.1) is 18.4 Å². The zero-order valence-electron chi connectivity index (χ0n) is 11.4. The monoisotopic (exact) mass is 266 g/mol. The van der Waals surface area contributed by atoms with Gasteiger partial charge < -0.3 is 9.84 Å². The number of carboxylic acids is 1. The molecular weight excluding hydrogens is 244 g/mol. The van der Waals surface area contributed by atoms with Crippen molar-refractivity contribution < 1.29 is 19.4 Å². The summed E-state index contributed by atoms with van der Waals surface area (Å²) in [6.07, 6.45) is 8.92. The molecule has 0 aromatic carbocycles. The molecule has 1 fully saturated rings. The van der Waals surface area contributed by atoms with Gasteiger partial charge in [-0.1, -0.05) is 38.3 Å². The third kappa shape index (κ3) is 2.99. The highest BCUT2D eigenvalue weighted by atomic mass is 16.5. The summed E-state index contributed by atoms with van der Waals surface area (Å²) in [7, 11) is 0. The average Bonchev–Trinajstić information content (AvgIpc) is 2.98. The van der Waals surface area contributed by atoms with Crippen molar-refractivity contribution in [2.75, 3.05) is 6.61 Å². The van der Waals surface area contributed by atoms with E-state index < -0.39 is 17.8 Å². The summed E-state index contributed by atoms with van der Waals surface area (Å²) in [4.78, 5) is 23.3. The van der Waals surface area contributed by atoms with E-state index in [0.717, 1.165) is 32.1 Å². The van der Waals surface area contributed by atoms with E-state index in [4.69, 9.17) is 4.74 Å². The molecular formula is C15H22O4. The molecule has 2 aliphatic rings. The van der Waals surface area contributed by atoms with Crippen LogP contribution in [0.25, 0.3) is 0 Å². The molecule has 2 bridgehead atoms. The van der Waals surface area contributed by atoms with Crippen molar-refractivity contribution in [1.29, 1.82) is 0 Å². The Kier molecular flexibility index (Phi) is 4.61. The quantitative estimate of drug-likeness (QED) is 0.437. The number of hydrogen-bond acceptors (Lipinski definition) is 3. The fourth-order valence-corrected chi connectivity index (χ4v) is 3.28. The highest BCUT2D eigenvalue weighted by Crippen LogP contribution is 2.48. The molecule has 4 atom stereocenters. The Morgan fingerprint density at radius 3 is 2.47 bits per heavy atom. The Balaban J connectivity index is 1.84. The number of carbonyl (C=O) groups is 2. The number of hydrogen-bond donors (Lipinski definition) is 1. The zero-order valence-corrected chi connectivity index (χ0v) is 11.4. The molecule has 0 radical (unpaired) electrons. The summed E-state index contributed by atoms with van der Waals surface area (Å²) < 4.78 is 5.27. The first-order valence-corrected chi connectivity index (χ1v) is 7.23. The van der Waals surface area contributed by atoms with Crippen molar-refractivity contribution in [2.24, 2.45) is 23.7 Å². The maximum atomic E-state index is 12.1. The van der Waals surface area contributed by atoms with Crippen LogP contribution in [0.3, 0.4) is 0 Å². The number of ether oxygens (including phenoxy) is 1. The van der Waals surface area contributed by atoms with Crippen LogP contribution in [0, 0.1) is 23.7 Å². The Hall–Kier alpha value is -1.32. The summed E-state index contributed by atoms with van der Waals surface area (Å²) in [6, 6.07) is 0. The highest BCUT2D eigenvalue weighted by Gasteiger charge is 2.52. The smallest absolute Gasteiger partial charge is 0.310 e. The van der Waals surface area contributed by atoms with Crippen LogP contribution in [0.2, 0.25) is 0 Å². The van der Waals surface area contributed by atoms with Crippen molar-refractivity contribution in [1.82, 2.24) is 0 Å². The second-order valence-corrected chi connectivity index (χ2v) is 5.57. The van der Waals surface area contributed by atoms with E-state index in [9.17, 15) is 14.7 Å². The van der Waals surface area contributed by atoms with Gasteiger partial charge in [-0.2, -0.15) is 0 Å². The third-order valence-electron chi connectivity index (χ3n) is 4.26. The molecule has 1 N–H and O–H groups in total. The van der Waals surface area contributed by atoms with E-state index >= 15 is 0 Å². The minimum atomic E-state index is -0.871. The van der Waals surface area contributed by atoms with E-state index in [0.29, 0.717) is 6.61 Å². The van der Waals surface area contributed by atoms with Gasteiger partial charge in [-0.05, 0) is 24.7 Å². The average molecular weight is 266 g/mol. The van der Waals surface area contributed by atoms with Crippen molar-refractivity contribution >= 4 is 11.9 Å². The van der Waals surface area contributed by atoms with Crippen molar-refractivity contribution in [3.8, 4) is 0 Å². The van der Waals surface area contributed by atoms with Gasteiger partial charge in [0.15, 0.2) is 0 Å². The number of carboxylic acid groups (broad SMARTS) is 1. The van der Waals surface area contributed by atoms with Gasteiger partial charge in [-0.25, -0.2) is 0 Å². The van der Waals surface area contributed by atoms with Crippen LogP contribution >= 0.6 is 0 Å². The number of aliphatic carboxylic acids is 1. The SMILES string of the molecule is CCCCCCOC(=O)C1C2C=CC(C2)C1C(=O)O. The largest absolute Gasteiger partial charge is 0.481 e. The molecule has 2 aliphatic carbocycles. The van der Waals surface area contributed by atoms with Crippen LogP contribution in [0.4, 0.5) is 0 Å². The summed E-state index contributed by atoms with van der Waals surface area (Å²) in [5, 5.41) is 9.25. The Morgan fingerprint density at radius 1 is 1.16 bits per heavy atom. The molecule has 0 aromatic heterocycles. The molecule has 4 heteroatoms. The van der Waals surface area contributed by atoms with Crippen LogP contribution in [0.1, 0.15) is 39.0 Å². The predicted molar refractivity (Wildman–Crippen MR) is 70.5 cm³/mol. The van der Waals surface area contributed by atoms with E-state index in [1.54, 1.807) is 0 Å². The Bertz CT molecular complexity index is 374. The molecule has 0 amide bonds. The number of fused-ring (bicyclic) bond motifs is 2. The lowest BCUT2D eigenvalue weighted by Crippen LogP contribution is -2.34. The molecule has 4 nitrogen and oxygen atoms in total. The Morgan fingerprint density at radius 2 is 1.84 bits per heavy atom. The normalized spacial score (nSPS) is 31.6. The molecule has 0 heterocycles. The summed E-state index contributed by atoms with van der Waals surface area (Å²) in [5.41, 5.74) is 0. The van der Waals surface area contributed by atoms with Crippen LogP contribution in [-0.4, -0.2) is 23.7 Å². The lowest BCUT2D eigenvalue weighted by molar-refractivity contribution is -0.158. The topological polar surface area (TPSA) is 63.6 Å². The second-order valence-electron chi connectivity index (χ2n) is 5.57. The van der Waals surface area contributed by atoms with Crippen LogP contribution in [0.5, 0.6) is 0 Å². The standard InChI is InChI=1S/C15H22O4/c1-2-3-4-5-8-19-15(18)13-11-7-6-10(9-11)12(13)14(16)17/h6-7,10-13H,2-5,8-9H2,1H3,(H,16,17). The van der Waals surface area contributed by atoms with Gasteiger partial charge in [0.1, 0.15) is 0 Å². The predicted octanol–water partition coefficient (Wildman–Crippen LogP) is 2.63. The lowest BCUT2D eigenvalue weighted by Gasteiger charge is -2.23. The van der Waals surface area contributed by atoms with E-state index in [-0.39, 0.29) is 17.8 Å². The number of allylic oxidation sites excluding steroid dienone is 2.